The number of hydrogen-bond donors (Lipinski definition) is 1. The fraction of sp³-hybridized carbons (Fsp3) is 0.611. The third kappa shape index (κ3) is 3.93. The lowest BCUT2D eigenvalue weighted by molar-refractivity contribution is -0.0370. The molecule has 1 fully saturated rings. The molecule has 1 saturated heterocycles. The van der Waals surface area contributed by atoms with Crippen LogP contribution in [0, 0.1) is 5.92 Å². The third-order valence-electron chi connectivity index (χ3n) is 4.60. The topological polar surface area (TPSA) is 66.0 Å². The lowest BCUT2D eigenvalue weighted by Gasteiger charge is -2.36. The summed E-state index contributed by atoms with van der Waals surface area (Å²) >= 11 is 0. The molecule has 1 N–H and O–H groups in total. The van der Waals surface area contributed by atoms with Crippen molar-refractivity contribution in [2.24, 2.45) is 5.92 Å². The van der Waals surface area contributed by atoms with Crippen LogP contribution in [0.2, 0.25) is 0 Å². The van der Waals surface area contributed by atoms with Crippen molar-refractivity contribution in [3.8, 4) is 17.2 Å². The molecule has 6 heteroatoms. The average Bonchev–Trinajstić information content (AvgIpc) is 2.60. The Morgan fingerprint density at radius 1 is 1.00 bits per heavy atom. The second-order valence-electron chi connectivity index (χ2n) is 6.42. The first kappa shape index (κ1) is 18.4. The molecule has 24 heavy (non-hydrogen) atoms. The maximum atomic E-state index is 12.7. The van der Waals surface area contributed by atoms with Gasteiger partial charge in [0, 0.05) is 18.1 Å². The minimum Gasteiger partial charge on any atom is -0.496 e. The van der Waals surface area contributed by atoms with E-state index in [1.54, 1.807) is 12.1 Å². The van der Waals surface area contributed by atoms with Crippen LogP contribution in [-0.4, -0.2) is 46.0 Å². The molecule has 1 heterocycles. The summed E-state index contributed by atoms with van der Waals surface area (Å²) < 4.78 is 21.7. The quantitative estimate of drug-likeness (QED) is 0.805. The van der Waals surface area contributed by atoms with E-state index in [9.17, 15) is 4.79 Å². The van der Waals surface area contributed by atoms with Crippen LogP contribution in [-0.2, 0) is 4.74 Å². The van der Waals surface area contributed by atoms with Crippen LogP contribution in [0.1, 0.15) is 37.0 Å². The summed E-state index contributed by atoms with van der Waals surface area (Å²) in [5, 5.41) is 3.33. The highest BCUT2D eigenvalue weighted by atomic mass is 16.6. The van der Waals surface area contributed by atoms with Gasteiger partial charge in [0.15, 0.2) is 11.5 Å². The lowest BCUT2D eigenvalue weighted by atomic mass is 9.83. The molecule has 0 radical (unpaired) electrons. The molecule has 0 atom stereocenters. The molecule has 2 rings (SSSR count). The fourth-order valence-corrected chi connectivity index (χ4v) is 3.08. The molecule has 1 aromatic rings. The fourth-order valence-electron chi connectivity index (χ4n) is 3.08. The Labute approximate surface area is 143 Å². The molecular formula is C18H27NO5. The summed E-state index contributed by atoms with van der Waals surface area (Å²) in [5.74, 6) is 1.28. The van der Waals surface area contributed by atoms with E-state index in [0.29, 0.717) is 28.7 Å². The predicted octanol–water partition coefficient (Wildman–Crippen LogP) is 2.65. The second-order valence-corrected chi connectivity index (χ2v) is 6.42. The van der Waals surface area contributed by atoms with Crippen molar-refractivity contribution in [2.45, 2.75) is 32.3 Å². The largest absolute Gasteiger partial charge is 0.496 e. The highest BCUT2D eigenvalue weighted by Crippen LogP contribution is 2.36. The molecule has 0 spiro atoms. The van der Waals surface area contributed by atoms with Gasteiger partial charge in [0.25, 0.3) is 0 Å². The summed E-state index contributed by atoms with van der Waals surface area (Å²) in [6.45, 7) is 5.83. The first-order valence-corrected chi connectivity index (χ1v) is 8.17. The van der Waals surface area contributed by atoms with Gasteiger partial charge in [0.1, 0.15) is 16.9 Å². The molecule has 134 valence electrons. The summed E-state index contributed by atoms with van der Waals surface area (Å²) in [5.41, 5.74) is -0.214. The van der Waals surface area contributed by atoms with Gasteiger partial charge in [0.2, 0.25) is 0 Å². The number of nitrogens with one attached hydrogen (secondary N) is 1. The third-order valence-corrected chi connectivity index (χ3v) is 4.60. The molecule has 0 aliphatic carbocycles. The van der Waals surface area contributed by atoms with Gasteiger partial charge >= 0.3 is 5.97 Å². The van der Waals surface area contributed by atoms with Crippen LogP contribution >= 0.6 is 0 Å². The summed E-state index contributed by atoms with van der Waals surface area (Å²) in [6.07, 6.45) is 1.98. The van der Waals surface area contributed by atoms with Gasteiger partial charge in [-0.1, -0.05) is 0 Å². The van der Waals surface area contributed by atoms with Crippen LogP contribution in [0.15, 0.2) is 12.1 Å². The van der Waals surface area contributed by atoms with Crippen molar-refractivity contribution in [1.82, 2.24) is 5.32 Å². The van der Waals surface area contributed by atoms with E-state index in [0.717, 1.165) is 25.9 Å². The summed E-state index contributed by atoms with van der Waals surface area (Å²) in [4.78, 5) is 12.7. The molecule has 0 amide bonds. The van der Waals surface area contributed by atoms with E-state index in [1.807, 2.05) is 13.8 Å². The molecule has 1 aliphatic rings. The normalized spacial score (nSPS) is 15.7. The number of piperidine rings is 1. The van der Waals surface area contributed by atoms with E-state index < -0.39 is 11.6 Å². The lowest BCUT2D eigenvalue weighted by Crippen LogP contribution is -2.42. The van der Waals surface area contributed by atoms with Gasteiger partial charge in [-0.3, -0.25) is 0 Å². The molecule has 0 aromatic heterocycles. The maximum absolute atomic E-state index is 12.7. The SMILES string of the molecule is COc1cc(OC)c(C(=O)OC(C)(C)C2CCNCC2)cc1OC. The van der Waals surface area contributed by atoms with Crippen LogP contribution in [0.5, 0.6) is 17.2 Å². The number of carbonyl (C=O) groups is 1. The van der Waals surface area contributed by atoms with E-state index in [-0.39, 0.29) is 0 Å². The van der Waals surface area contributed by atoms with Gasteiger partial charge < -0.3 is 24.3 Å². The monoisotopic (exact) mass is 337 g/mol. The van der Waals surface area contributed by atoms with Crippen molar-refractivity contribution in [1.29, 1.82) is 0 Å². The van der Waals surface area contributed by atoms with Gasteiger partial charge in [-0.15, -0.1) is 0 Å². The molecule has 6 nitrogen and oxygen atoms in total. The smallest absolute Gasteiger partial charge is 0.342 e. The van der Waals surface area contributed by atoms with E-state index in [4.69, 9.17) is 18.9 Å². The zero-order valence-corrected chi connectivity index (χ0v) is 15.1. The number of rotatable bonds is 6. The van der Waals surface area contributed by atoms with Gasteiger partial charge in [-0.25, -0.2) is 4.79 Å². The van der Waals surface area contributed by atoms with Gasteiger partial charge in [-0.2, -0.15) is 0 Å². The zero-order valence-electron chi connectivity index (χ0n) is 15.1. The number of ether oxygens (including phenoxy) is 4. The van der Waals surface area contributed by atoms with Crippen LogP contribution in [0.4, 0.5) is 0 Å². The highest BCUT2D eigenvalue weighted by Gasteiger charge is 2.35. The van der Waals surface area contributed by atoms with E-state index in [1.165, 1.54) is 21.3 Å². The first-order valence-electron chi connectivity index (χ1n) is 8.17. The van der Waals surface area contributed by atoms with Gasteiger partial charge in [0.05, 0.1) is 21.3 Å². The molecule has 0 saturated carbocycles. The highest BCUT2D eigenvalue weighted by molar-refractivity contribution is 5.93. The van der Waals surface area contributed by atoms with Crippen molar-refractivity contribution in [3.63, 3.8) is 0 Å². The summed E-state index contributed by atoms with van der Waals surface area (Å²) in [7, 11) is 4.57. The Morgan fingerprint density at radius 3 is 2.08 bits per heavy atom. The predicted molar refractivity (Wildman–Crippen MR) is 91.2 cm³/mol. The minimum atomic E-state index is -0.544. The van der Waals surface area contributed by atoms with Crippen LogP contribution in [0.25, 0.3) is 0 Å². The minimum absolute atomic E-state index is 0.328. The summed E-state index contributed by atoms with van der Waals surface area (Å²) in [6, 6.07) is 3.23. The van der Waals surface area contributed by atoms with Crippen molar-refractivity contribution in [2.75, 3.05) is 34.4 Å². The average molecular weight is 337 g/mol. The molecule has 1 aliphatic heterocycles. The molecular weight excluding hydrogens is 310 g/mol. The number of hydrogen-bond acceptors (Lipinski definition) is 6. The zero-order chi connectivity index (χ0) is 17.7. The number of carbonyl (C=O) groups excluding carboxylic acids is 1. The van der Waals surface area contributed by atoms with Crippen LogP contribution < -0.4 is 19.5 Å². The number of methoxy groups -OCH3 is 3. The van der Waals surface area contributed by atoms with Crippen molar-refractivity contribution in [3.05, 3.63) is 17.7 Å². The van der Waals surface area contributed by atoms with Crippen molar-refractivity contribution < 1.29 is 23.7 Å². The maximum Gasteiger partial charge on any atom is 0.342 e. The Bertz CT molecular complexity index is 579. The Balaban J connectivity index is 2.24. The first-order chi connectivity index (χ1) is 11.4. The van der Waals surface area contributed by atoms with Crippen LogP contribution in [0.3, 0.4) is 0 Å². The Kier molecular flexibility index (Phi) is 5.94. The molecule has 0 bridgehead atoms. The second kappa shape index (κ2) is 7.75. The molecule has 0 unspecified atom stereocenters. The number of esters is 1. The van der Waals surface area contributed by atoms with Gasteiger partial charge in [-0.05, 0) is 39.8 Å². The van der Waals surface area contributed by atoms with Crippen molar-refractivity contribution >= 4 is 5.97 Å². The Hall–Kier alpha value is -1.95. The molecule has 1 aromatic carbocycles. The number of benzene rings is 1. The Morgan fingerprint density at radius 2 is 1.54 bits per heavy atom. The standard InChI is InChI=1S/C18H27NO5/c1-18(2,12-6-8-19-9-7-12)24-17(20)13-10-15(22-4)16(23-5)11-14(13)21-3/h10-12,19H,6-9H2,1-5H3. The van der Waals surface area contributed by atoms with E-state index >= 15 is 0 Å². The van der Waals surface area contributed by atoms with E-state index in [2.05, 4.69) is 5.32 Å².